The molecule has 1 heterocycles. The van der Waals surface area contributed by atoms with Crippen molar-refractivity contribution in [3.05, 3.63) is 29.8 Å². The topological polar surface area (TPSA) is 66.8 Å². The number of likely N-dealkylation sites (tertiary alicyclic amines) is 1. The van der Waals surface area contributed by atoms with Crippen molar-refractivity contribution in [1.29, 1.82) is 0 Å². The lowest BCUT2D eigenvalue weighted by Gasteiger charge is -2.21. The molecule has 0 saturated carbocycles. The number of carboxylic acid groups (broad SMARTS) is 1. The number of rotatable bonds is 5. The number of benzene rings is 1. The summed E-state index contributed by atoms with van der Waals surface area (Å²) >= 11 is 0. The number of carbonyl (C=O) groups is 2. The molecule has 1 aromatic rings. The average Bonchev–Trinajstić information content (AvgIpc) is 2.94. The lowest BCUT2D eigenvalue weighted by atomic mass is 10.1. The molecule has 1 aliphatic heterocycles. The summed E-state index contributed by atoms with van der Waals surface area (Å²) in [5.74, 6) is -0.514. The first-order valence-corrected chi connectivity index (χ1v) is 6.86. The molecule has 0 spiro atoms. The normalized spacial score (nSPS) is 18.1. The van der Waals surface area contributed by atoms with Crippen LogP contribution in [0.5, 0.6) is 5.75 Å². The molecule has 0 radical (unpaired) electrons. The fourth-order valence-electron chi connectivity index (χ4n) is 2.48. The van der Waals surface area contributed by atoms with Crippen LogP contribution in [-0.4, -0.2) is 41.1 Å². The van der Waals surface area contributed by atoms with E-state index in [9.17, 15) is 9.59 Å². The molecule has 0 aromatic heterocycles. The maximum Gasteiger partial charge on any atom is 0.326 e. The first-order chi connectivity index (χ1) is 9.63. The van der Waals surface area contributed by atoms with Crippen molar-refractivity contribution in [2.24, 2.45) is 0 Å². The number of aryl methyl sites for hydroxylation is 1. The summed E-state index contributed by atoms with van der Waals surface area (Å²) in [6.45, 7) is 2.40. The highest BCUT2D eigenvalue weighted by atomic mass is 16.5. The van der Waals surface area contributed by atoms with Gasteiger partial charge in [0.25, 0.3) is 5.91 Å². The van der Waals surface area contributed by atoms with Gasteiger partial charge in [-0.2, -0.15) is 0 Å². The molecule has 1 atom stereocenters. The van der Waals surface area contributed by atoms with Crippen molar-refractivity contribution >= 4 is 11.9 Å². The van der Waals surface area contributed by atoms with Crippen LogP contribution in [0.1, 0.15) is 25.3 Å². The molecule has 20 heavy (non-hydrogen) atoms. The number of ether oxygens (including phenoxy) is 1. The molecular weight excluding hydrogens is 258 g/mol. The Labute approximate surface area is 118 Å². The van der Waals surface area contributed by atoms with Crippen LogP contribution in [0.2, 0.25) is 0 Å². The van der Waals surface area contributed by atoms with Gasteiger partial charge in [-0.05, 0) is 30.9 Å². The molecule has 108 valence electrons. The predicted molar refractivity (Wildman–Crippen MR) is 73.7 cm³/mol. The van der Waals surface area contributed by atoms with E-state index in [2.05, 4.69) is 0 Å². The zero-order valence-corrected chi connectivity index (χ0v) is 11.5. The van der Waals surface area contributed by atoms with Crippen LogP contribution in [0.25, 0.3) is 0 Å². The third-order valence-electron chi connectivity index (χ3n) is 3.56. The van der Waals surface area contributed by atoms with E-state index in [-0.39, 0.29) is 12.5 Å². The minimum atomic E-state index is -0.940. The summed E-state index contributed by atoms with van der Waals surface area (Å²) in [4.78, 5) is 24.5. The molecule has 1 N–H and O–H groups in total. The highest BCUT2D eigenvalue weighted by Gasteiger charge is 2.33. The second-order valence-electron chi connectivity index (χ2n) is 4.83. The number of nitrogens with zero attached hydrogens (tertiary/aromatic N) is 1. The molecule has 1 saturated heterocycles. The smallest absolute Gasteiger partial charge is 0.326 e. The number of hydrogen-bond acceptors (Lipinski definition) is 3. The van der Waals surface area contributed by atoms with Gasteiger partial charge in [0.05, 0.1) is 0 Å². The number of carboxylic acids is 1. The minimum absolute atomic E-state index is 0.110. The van der Waals surface area contributed by atoms with Gasteiger partial charge < -0.3 is 14.7 Å². The number of carbonyl (C=O) groups excluding carboxylic acids is 1. The largest absolute Gasteiger partial charge is 0.483 e. The Hall–Kier alpha value is -2.04. The van der Waals surface area contributed by atoms with E-state index in [1.165, 1.54) is 4.90 Å². The maximum absolute atomic E-state index is 12.1. The standard InChI is InChI=1S/C15H19NO4/c1-2-11-6-3-4-8-13(11)20-10-14(17)16-9-5-7-12(16)15(18)19/h3-4,6,8,12H,2,5,7,9-10H2,1H3,(H,18,19)/t12-/m0/s1. The van der Waals surface area contributed by atoms with Crippen LogP contribution in [0, 0.1) is 0 Å². The summed E-state index contributed by atoms with van der Waals surface area (Å²) in [6, 6.07) is 6.86. The molecule has 0 aliphatic carbocycles. The second kappa shape index (κ2) is 6.41. The number of aliphatic carboxylic acids is 1. The molecule has 5 nitrogen and oxygen atoms in total. The molecular formula is C15H19NO4. The lowest BCUT2D eigenvalue weighted by Crippen LogP contribution is -2.42. The Morgan fingerprint density at radius 3 is 2.85 bits per heavy atom. The van der Waals surface area contributed by atoms with Gasteiger partial charge in [0.15, 0.2) is 6.61 Å². The zero-order chi connectivity index (χ0) is 14.5. The summed E-state index contributed by atoms with van der Waals surface area (Å²) in [7, 11) is 0. The Kier molecular flexibility index (Phi) is 4.61. The summed E-state index contributed by atoms with van der Waals surface area (Å²) < 4.78 is 5.55. The van der Waals surface area contributed by atoms with Gasteiger partial charge in [0.1, 0.15) is 11.8 Å². The van der Waals surface area contributed by atoms with Gasteiger partial charge >= 0.3 is 5.97 Å². The Balaban J connectivity index is 1.97. The Bertz CT molecular complexity index is 500. The Morgan fingerprint density at radius 2 is 2.15 bits per heavy atom. The van der Waals surface area contributed by atoms with Crippen LogP contribution < -0.4 is 4.74 Å². The van der Waals surface area contributed by atoms with Crippen molar-refractivity contribution in [2.75, 3.05) is 13.2 Å². The second-order valence-corrected chi connectivity index (χ2v) is 4.83. The molecule has 5 heteroatoms. The number of amides is 1. The van der Waals surface area contributed by atoms with Gasteiger partial charge in [0, 0.05) is 6.54 Å². The molecule has 2 rings (SSSR count). The Morgan fingerprint density at radius 1 is 1.40 bits per heavy atom. The molecule has 1 amide bonds. The lowest BCUT2D eigenvalue weighted by molar-refractivity contribution is -0.148. The van der Waals surface area contributed by atoms with Crippen molar-refractivity contribution in [3.8, 4) is 5.75 Å². The van der Waals surface area contributed by atoms with Gasteiger partial charge in [0.2, 0.25) is 0 Å². The number of hydrogen-bond donors (Lipinski definition) is 1. The van der Waals surface area contributed by atoms with E-state index in [4.69, 9.17) is 9.84 Å². The summed E-state index contributed by atoms with van der Waals surface area (Å²) in [5, 5.41) is 9.07. The van der Waals surface area contributed by atoms with Crippen molar-refractivity contribution in [3.63, 3.8) is 0 Å². The van der Waals surface area contributed by atoms with E-state index < -0.39 is 12.0 Å². The van der Waals surface area contributed by atoms with E-state index in [1.54, 1.807) is 0 Å². The van der Waals surface area contributed by atoms with E-state index >= 15 is 0 Å². The molecule has 1 aliphatic rings. The van der Waals surface area contributed by atoms with Crippen molar-refractivity contribution < 1.29 is 19.4 Å². The van der Waals surface area contributed by atoms with Crippen LogP contribution in [0.15, 0.2) is 24.3 Å². The van der Waals surface area contributed by atoms with Crippen LogP contribution in [0.4, 0.5) is 0 Å². The SMILES string of the molecule is CCc1ccccc1OCC(=O)N1CCC[C@H]1C(=O)O. The van der Waals surface area contributed by atoms with Crippen LogP contribution >= 0.6 is 0 Å². The molecule has 0 unspecified atom stereocenters. The highest BCUT2D eigenvalue weighted by molar-refractivity contribution is 5.85. The molecule has 0 bridgehead atoms. The first-order valence-electron chi connectivity index (χ1n) is 6.86. The molecule has 1 fully saturated rings. The first kappa shape index (κ1) is 14.4. The quantitative estimate of drug-likeness (QED) is 0.889. The highest BCUT2D eigenvalue weighted by Crippen LogP contribution is 2.20. The third-order valence-corrected chi connectivity index (χ3v) is 3.56. The van der Waals surface area contributed by atoms with E-state index in [0.717, 1.165) is 18.4 Å². The van der Waals surface area contributed by atoms with Gasteiger partial charge in [-0.15, -0.1) is 0 Å². The van der Waals surface area contributed by atoms with Crippen LogP contribution in [-0.2, 0) is 16.0 Å². The third kappa shape index (κ3) is 3.10. The maximum atomic E-state index is 12.1. The van der Waals surface area contributed by atoms with Gasteiger partial charge in [-0.3, -0.25) is 4.79 Å². The summed E-state index contributed by atoms with van der Waals surface area (Å²) in [6.07, 6.45) is 2.08. The minimum Gasteiger partial charge on any atom is -0.483 e. The monoisotopic (exact) mass is 277 g/mol. The number of para-hydroxylation sites is 1. The fraction of sp³-hybridized carbons (Fsp3) is 0.467. The van der Waals surface area contributed by atoms with E-state index in [1.807, 2.05) is 31.2 Å². The summed E-state index contributed by atoms with van der Waals surface area (Å²) in [5.41, 5.74) is 1.04. The molecule has 1 aromatic carbocycles. The zero-order valence-electron chi connectivity index (χ0n) is 11.5. The van der Waals surface area contributed by atoms with E-state index in [0.29, 0.717) is 18.7 Å². The predicted octanol–water partition coefficient (Wildman–Crippen LogP) is 1.70. The average molecular weight is 277 g/mol. The fourth-order valence-corrected chi connectivity index (χ4v) is 2.48. The van der Waals surface area contributed by atoms with Gasteiger partial charge in [-0.1, -0.05) is 25.1 Å². The van der Waals surface area contributed by atoms with Gasteiger partial charge in [-0.25, -0.2) is 4.79 Å². The van der Waals surface area contributed by atoms with Crippen molar-refractivity contribution in [1.82, 2.24) is 4.90 Å². The van der Waals surface area contributed by atoms with Crippen molar-refractivity contribution in [2.45, 2.75) is 32.2 Å². The van der Waals surface area contributed by atoms with Crippen LogP contribution in [0.3, 0.4) is 0 Å².